The lowest BCUT2D eigenvalue weighted by atomic mass is 10.1. The summed E-state index contributed by atoms with van der Waals surface area (Å²) >= 11 is 0. The van der Waals surface area contributed by atoms with Gasteiger partial charge in [-0.1, -0.05) is 13.3 Å². The second-order valence-corrected chi connectivity index (χ2v) is 4.21. The van der Waals surface area contributed by atoms with E-state index in [1.165, 1.54) is 0 Å². The van der Waals surface area contributed by atoms with Gasteiger partial charge in [0.15, 0.2) is 0 Å². The molecule has 0 spiro atoms. The van der Waals surface area contributed by atoms with E-state index in [1.54, 1.807) is 0 Å². The molecular weight excluding hydrogens is 180 g/mol. The van der Waals surface area contributed by atoms with Crippen molar-refractivity contribution in [2.45, 2.75) is 58.0 Å². The van der Waals surface area contributed by atoms with Crippen molar-refractivity contribution >= 4 is 6.16 Å². The Hall–Kier alpha value is -0.730. The lowest BCUT2D eigenvalue weighted by Crippen LogP contribution is -2.28. The maximum atomic E-state index is 11.2. The van der Waals surface area contributed by atoms with E-state index in [0.29, 0.717) is 6.61 Å². The van der Waals surface area contributed by atoms with Crippen LogP contribution in [0.1, 0.15) is 52.4 Å². The van der Waals surface area contributed by atoms with Gasteiger partial charge >= 0.3 is 6.16 Å². The topological polar surface area (TPSA) is 35.5 Å². The third-order valence-corrected chi connectivity index (χ3v) is 2.71. The molecule has 0 heterocycles. The van der Waals surface area contributed by atoms with Crippen molar-refractivity contribution in [3.8, 4) is 0 Å². The summed E-state index contributed by atoms with van der Waals surface area (Å²) in [6.45, 7) is 4.53. The Morgan fingerprint density at radius 1 is 1.36 bits per heavy atom. The Kier molecular flexibility index (Phi) is 4.23. The Labute approximate surface area is 85.8 Å². The molecule has 0 radical (unpaired) electrons. The number of carbonyl (C=O) groups excluding carboxylic acids is 1. The molecule has 3 heteroatoms. The van der Waals surface area contributed by atoms with Gasteiger partial charge in [0, 0.05) is 0 Å². The minimum Gasteiger partial charge on any atom is -0.434 e. The summed E-state index contributed by atoms with van der Waals surface area (Å²) in [6.07, 6.45) is 5.68. The molecule has 0 aromatic heterocycles. The minimum absolute atomic E-state index is 0.261. The average molecular weight is 200 g/mol. The minimum atomic E-state index is -0.497. The molecular formula is C11H20O3. The number of rotatable bonds is 4. The molecule has 82 valence electrons. The maximum Gasteiger partial charge on any atom is 0.508 e. The normalized spacial score (nSPS) is 19.3. The van der Waals surface area contributed by atoms with Gasteiger partial charge in [-0.3, -0.25) is 0 Å². The quantitative estimate of drug-likeness (QED) is 0.516. The molecule has 0 bridgehead atoms. The molecule has 1 aliphatic rings. The van der Waals surface area contributed by atoms with Gasteiger partial charge in [-0.2, -0.15) is 0 Å². The zero-order valence-corrected chi connectivity index (χ0v) is 9.17. The van der Waals surface area contributed by atoms with Crippen LogP contribution in [0.15, 0.2) is 0 Å². The summed E-state index contributed by atoms with van der Waals surface area (Å²) in [6, 6.07) is 0. The molecule has 3 nitrogen and oxygen atoms in total. The number of unbranched alkanes of at least 4 members (excludes halogenated alkanes) is 1. The summed E-state index contributed by atoms with van der Waals surface area (Å²) in [5, 5.41) is 0. The molecule has 1 saturated carbocycles. The Morgan fingerprint density at radius 2 is 2.00 bits per heavy atom. The van der Waals surface area contributed by atoms with Crippen molar-refractivity contribution in [1.82, 2.24) is 0 Å². The third-order valence-electron chi connectivity index (χ3n) is 2.71. The Bertz CT molecular complexity index is 183. The molecule has 1 rings (SSSR count). The van der Waals surface area contributed by atoms with E-state index in [-0.39, 0.29) is 5.60 Å². The van der Waals surface area contributed by atoms with Gasteiger partial charge in [0.2, 0.25) is 0 Å². The number of hydrogen-bond donors (Lipinski definition) is 0. The van der Waals surface area contributed by atoms with Crippen LogP contribution in [0.5, 0.6) is 0 Å². The Morgan fingerprint density at radius 3 is 2.57 bits per heavy atom. The monoisotopic (exact) mass is 200 g/mol. The summed E-state index contributed by atoms with van der Waals surface area (Å²) in [5.41, 5.74) is -0.261. The first kappa shape index (κ1) is 11.3. The first-order valence-electron chi connectivity index (χ1n) is 5.52. The molecule has 0 saturated heterocycles. The molecule has 0 atom stereocenters. The van der Waals surface area contributed by atoms with Gasteiger partial charge in [0.25, 0.3) is 0 Å². The molecule has 1 aliphatic carbocycles. The van der Waals surface area contributed by atoms with Crippen LogP contribution in [0.4, 0.5) is 4.79 Å². The van der Waals surface area contributed by atoms with Crippen LogP contribution in [-0.4, -0.2) is 18.4 Å². The predicted octanol–water partition coefficient (Wildman–Crippen LogP) is 3.27. The van der Waals surface area contributed by atoms with E-state index in [1.807, 2.05) is 6.92 Å². The van der Waals surface area contributed by atoms with Gasteiger partial charge in [0.05, 0.1) is 6.61 Å². The highest BCUT2D eigenvalue weighted by molar-refractivity contribution is 5.60. The smallest absolute Gasteiger partial charge is 0.434 e. The number of hydrogen-bond acceptors (Lipinski definition) is 3. The second-order valence-electron chi connectivity index (χ2n) is 4.21. The van der Waals surface area contributed by atoms with Crippen LogP contribution < -0.4 is 0 Å². The van der Waals surface area contributed by atoms with E-state index in [9.17, 15) is 4.79 Å². The molecule has 0 N–H and O–H groups in total. The van der Waals surface area contributed by atoms with Crippen molar-refractivity contribution in [3.05, 3.63) is 0 Å². The molecule has 0 amide bonds. The van der Waals surface area contributed by atoms with Crippen LogP contribution in [0.25, 0.3) is 0 Å². The van der Waals surface area contributed by atoms with E-state index in [2.05, 4.69) is 6.92 Å². The summed E-state index contributed by atoms with van der Waals surface area (Å²) in [5.74, 6) is 0. The summed E-state index contributed by atoms with van der Waals surface area (Å²) in [4.78, 5) is 11.2. The van der Waals surface area contributed by atoms with Gasteiger partial charge in [-0.15, -0.1) is 0 Å². The highest BCUT2D eigenvalue weighted by atomic mass is 16.7. The van der Waals surface area contributed by atoms with Crippen LogP contribution in [0.2, 0.25) is 0 Å². The molecule has 0 aliphatic heterocycles. The number of carbonyl (C=O) groups is 1. The fraction of sp³-hybridized carbons (Fsp3) is 0.909. The predicted molar refractivity (Wildman–Crippen MR) is 54.2 cm³/mol. The standard InChI is InChI=1S/C11H20O3/c1-3-4-9-13-10(12)14-11(2)7-5-6-8-11/h3-9H2,1-2H3. The molecule has 0 aromatic rings. The van der Waals surface area contributed by atoms with Crippen LogP contribution in [-0.2, 0) is 9.47 Å². The van der Waals surface area contributed by atoms with Crippen molar-refractivity contribution in [2.24, 2.45) is 0 Å². The van der Waals surface area contributed by atoms with E-state index < -0.39 is 6.16 Å². The van der Waals surface area contributed by atoms with Gasteiger partial charge in [-0.25, -0.2) is 4.79 Å². The SMILES string of the molecule is CCCCOC(=O)OC1(C)CCCC1. The van der Waals surface area contributed by atoms with Crippen molar-refractivity contribution in [2.75, 3.05) is 6.61 Å². The molecule has 14 heavy (non-hydrogen) atoms. The molecule has 1 fully saturated rings. The Balaban J connectivity index is 2.19. The van der Waals surface area contributed by atoms with Gasteiger partial charge < -0.3 is 9.47 Å². The highest BCUT2D eigenvalue weighted by Crippen LogP contribution is 2.32. The lowest BCUT2D eigenvalue weighted by Gasteiger charge is -2.23. The number of ether oxygens (including phenoxy) is 2. The highest BCUT2D eigenvalue weighted by Gasteiger charge is 2.33. The summed E-state index contributed by atoms with van der Waals surface area (Å²) < 4.78 is 10.2. The van der Waals surface area contributed by atoms with Crippen molar-refractivity contribution < 1.29 is 14.3 Å². The fourth-order valence-corrected chi connectivity index (χ4v) is 1.76. The largest absolute Gasteiger partial charge is 0.508 e. The zero-order valence-electron chi connectivity index (χ0n) is 9.17. The van der Waals surface area contributed by atoms with Gasteiger partial charge in [0.1, 0.15) is 5.60 Å². The zero-order chi connectivity index (χ0) is 10.4. The molecule has 0 unspecified atom stereocenters. The van der Waals surface area contributed by atoms with E-state index in [0.717, 1.165) is 38.5 Å². The van der Waals surface area contributed by atoms with Crippen LogP contribution in [0, 0.1) is 0 Å². The third kappa shape index (κ3) is 3.56. The van der Waals surface area contributed by atoms with E-state index >= 15 is 0 Å². The lowest BCUT2D eigenvalue weighted by molar-refractivity contribution is -0.0225. The first-order valence-corrected chi connectivity index (χ1v) is 5.52. The van der Waals surface area contributed by atoms with Crippen molar-refractivity contribution in [1.29, 1.82) is 0 Å². The van der Waals surface area contributed by atoms with Crippen LogP contribution >= 0.6 is 0 Å². The van der Waals surface area contributed by atoms with Crippen molar-refractivity contribution in [3.63, 3.8) is 0 Å². The second kappa shape index (κ2) is 5.23. The maximum absolute atomic E-state index is 11.2. The first-order chi connectivity index (χ1) is 6.66. The van der Waals surface area contributed by atoms with E-state index in [4.69, 9.17) is 9.47 Å². The van der Waals surface area contributed by atoms with Crippen LogP contribution in [0.3, 0.4) is 0 Å². The summed E-state index contributed by atoms with van der Waals surface area (Å²) in [7, 11) is 0. The fourth-order valence-electron chi connectivity index (χ4n) is 1.76. The average Bonchev–Trinajstić information content (AvgIpc) is 2.52. The molecule has 0 aromatic carbocycles. The van der Waals surface area contributed by atoms with Gasteiger partial charge in [-0.05, 0) is 39.0 Å².